The molecule has 3 nitrogen and oxygen atoms in total. The Balaban J connectivity index is 1.49. The van der Waals surface area contributed by atoms with Crippen molar-refractivity contribution in [2.75, 3.05) is 0 Å². The Bertz CT molecular complexity index is 1190. The van der Waals surface area contributed by atoms with Gasteiger partial charge >= 0.3 is 6.16 Å². The molecule has 0 aliphatic heterocycles. The summed E-state index contributed by atoms with van der Waals surface area (Å²) in [6.07, 6.45) is 3.40. The van der Waals surface area contributed by atoms with Gasteiger partial charge in [-0.25, -0.2) is 4.79 Å². The van der Waals surface area contributed by atoms with Crippen LogP contribution in [0.5, 0.6) is 5.75 Å². The maximum Gasteiger partial charge on any atom is 0.514 e. The molecule has 0 N–H and O–H groups in total. The summed E-state index contributed by atoms with van der Waals surface area (Å²) < 4.78 is 13.8. The first kappa shape index (κ1) is 19.1. The number of thiophene rings is 1. The molecule has 0 spiro atoms. The first-order valence-electron chi connectivity index (χ1n) is 10.5. The van der Waals surface area contributed by atoms with Gasteiger partial charge in [-0.15, -0.1) is 0 Å². The molecule has 152 valence electrons. The van der Waals surface area contributed by atoms with E-state index in [1.165, 1.54) is 25.1 Å². The molecule has 1 aromatic heterocycles. The minimum atomic E-state index is -0.606. The van der Waals surface area contributed by atoms with E-state index in [2.05, 4.69) is 61.5 Å². The maximum absolute atomic E-state index is 12.3. The molecule has 4 aromatic rings. The summed E-state index contributed by atoms with van der Waals surface area (Å²) in [4.78, 5) is 13.6. The van der Waals surface area contributed by atoms with Crippen LogP contribution in [0.4, 0.5) is 4.79 Å². The van der Waals surface area contributed by atoms with Crippen LogP contribution in [0, 0.1) is 6.92 Å². The molecule has 0 bridgehead atoms. The Kier molecular flexibility index (Phi) is 4.75. The number of hydrogen-bond donors (Lipinski definition) is 0. The van der Waals surface area contributed by atoms with E-state index in [4.69, 9.17) is 9.47 Å². The van der Waals surface area contributed by atoms with Crippen LogP contribution in [0.25, 0.3) is 25.1 Å². The van der Waals surface area contributed by atoms with Crippen molar-refractivity contribution < 1.29 is 14.3 Å². The number of rotatable bonds is 3. The number of fused-ring (bicyclic) bond motifs is 3. The Morgan fingerprint density at radius 2 is 1.50 bits per heavy atom. The average molecular weight is 418 g/mol. The van der Waals surface area contributed by atoms with E-state index in [9.17, 15) is 4.79 Å². The number of aryl methyl sites for hydroxylation is 1. The van der Waals surface area contributed by atoms with Crippen LogP contribution in [0.15, 0.2) is 66.7 Å². The second kappa shape index (κ2) is 7.44. The summed E-state index contributed by atoms with van der Waals surface area (Å²) in [7, 11) is -0.155. The number of carbonyl (C=O) groups is 1. The summed E-state index contributed by atoms with van der Waals surface area (Å²) in [6.45, 7) is 4.08. The smallest absolute Gasteiger partial charge is 0.428 e. The number of benzene rings is 3. The van der Waals surface area contributed by atoms with E-state index < -0.39 is 6.16 Å². The second-order valence-electron chi connectivity index (χ2n) is 8.34. The third-order valence-corrected chi connectivity index (χ3v) is 8.55. The Hall–Kier alpha value is -2.85. The molecule has 30 heavy (non-hydrogen) atoms. The lowest BCUT2D eigenvalue weighted by atomic mass is 10.1. The molecule has 1 fully saturated rings. The van der Waals surface area contributed by atoms with Gasteiger partial charge in [0.15, 0.2) is 14.3 Å². The van der Waals surface area contributed by atoms with Crippen LogP contribution >= 0.6 is 10.5 Å². The average Bonchev–Trinajstić information content (AvgIpc) is 3.30. The third kappa shape index (κ3) is 3.35. The predicted octanol–water partition coefficient (Wildman–Crippen LogP) is 7.89. The zero-order valence-electron chi connectivity index (χ0n) is 17.3. The fourth-order valence-corrected chi connectivity index (χ4v) is 7.07. The minimum Gasteiger partial charge on any atom is -0.428 e. The summed E-state index contributed by atoms with van der Waals surface area (Å²) in [5.41, 5.74) is 0.729. The third-order valence-electron chi connectivity index (χ3n) is 6.06. The molecule has 1 saturated carbocycles. The van der Waals surface area contributed by atoms with Crippen LogP contribution in [-0.2, 0) is 4.74 Å². The molecule has 5 rings (SSSR count). The van der Waals surface area contributed by atoms with Gasteiger partial charge in [-0.05, 0) is 75.9 Å². The standard InChI is InChI=1S/C26H25O3S/c1-18-17-19(28-25(27)29-26(2)15-7-8-16-26)13-14-22(18)30-23-11-5-3-9-20(23)21-10-4-6-12-24(21)30/h3-6,9-14,17H,7-8,15-16H2,1-2H3/q+1. The molecule has 1 aliphatic rings. The molecule has 0 unspecified atom stereocenters. The van der Waals surface area contributed by atoms with Crippen LogP contribution in [0.2, 0.25) is 0 Å². The quantitative estimate of drug-likeness (QED) is 0.193. The van der Waals surface area contributed by atoms with Gasteiger partial charge in [0, 0.05) is 32.9 Å². The van der Waals surface area contributed by atoms with Crippen molar-refractivity contribution in [2.45, 2.75) is 45.1 Å². The molecule has 0 amide bonds. The van der Waals surface area contributed by atoms with Crippen molar-refractivity contribution in [3.05, 3.63) is 72.3 Å². The van der Waals surface area contributed by atoms with Crippen molar-refractivity contribution in [1.82, 2.24) is 0 Å². The van der Waals surface area contributed by atoms with Gasteiger partial charge in [0.05, 0.1) is 0 Å². The Morgan fingerprint density at radius 1 is 0.900 bits per heavy atom. The van der Waals surface area contributed by atoms with Gasteiger partial charge in [0.2, 0.25) is 0 Å². The van der Waals surface area contributed by atoms with Gasteiger partial charge in [-0.2, -0.15) is 0 Å². The van der Waals surface area contributed by atoms with Crippen molar-refractivity contribution in [2.24, 2.45) is 0 Å². The van der Waals surface area contributed by atoms with Gasteiger partial charge in [-0.1, -0.05) is 24.3 Å². The molecule has 1 aliphatic carbocycles. The van der Waals surface area contributed by atoms with E-state index in [-0.39, 0.29) is 16.1 Å². The first-order valence-corrected chi connectivity index (χ1v) is 11.7. The van der Waals surface area contributed by atoms with Crippen LogP contribution < -0.4 is 4.74 Å². The van der Waals surface area contributed by atoms with Crippen LogP contribution in [0.3, 0.4) is 0 Å². The van der Waals surface area contributed by atoms with Crippen molar-refractivity contribution in [1.29, 1.82) is 0 Å². The SMILES string of the molecule is Cc1cc(OC(=O)OC2(C)CCCC2)ccc1-[s+]1c2ccccc2c2ccccc21. The van der Waals surface area contributed by atoms with Gasteiger partial charge in [0.25, 0.3) is 0 Å². The van der Waals surface area contributed by atoms with Gasteiger partial charge < -0.3 is 9.47 Å². The summed E-state index contributed by atoms with van der Waals surface area (Å²) in [5, 5.41) is 2.62. The summed E-state index contributed by atoms with van der Waals surface area (Å²) in [6, 6.07) is 23.2. The lowest BCUT2D eigenvalue weighted by molar-refractivity contribution is 0.00206. The largest absolute Gasteiger partial charge is 0.514 e. The first-order chi connectivity index (χ1) is 14.5. The molecular weight excluding hydrogens is 392 g/mol. The van der Waals surface area contributed by atoms with Crippen molar-refractivity contribution >= 4 is 36.8 Å². The van der Waals surface area contributed by atoms with Gasteiger partial charge in [-0.3, -0.25) is 0 Å². The summed E-state index contributed by atoms with van der Waals surface area (Å²) >= 11 is 0. The number of carbonyl (C=O) groups excluding carboxylic acids is 1. The highest BCUT2D eigenvalue weighted by Crippen LogP contribution is 2.49. The van der Waals surface area contributed by atoms with Crippen molar-refractivity contribution in [3.8, 4) is 10.6 Å². The molecule has 4 heteroatoms. The highest BCUT2D eigenvalue weighted by Gasteiger charge is 2.33. The number of ether oxygens (including phenoxy) is 2. The second-order valence-corrected chi connectivity index (χ2v) is 10.3. The molecule has 0 atom stereocenters. The molecule has 0 saturated heterocycles. The van der Waals surface area contributed by atoms with Gasteiger partial charge in [0.1, 0.15) is 11.4 Å². The number of hydrogen-bond acceptors (Lipinski definition) is 3. The minimum absolute atomic E-state index is 0.155. The van der Waals surface area contributed by atoms with E-state index in [0.29, 0.717) is 5.75 Å². The maximum atomic E-state index is 12.3. The highest BCUT2D eigenvalue weighted by atomic mass is 32.2. The van der Waals surface area contributed by atoms with Crippen LogP contribution in [-0.4, -0.2) is 11.8 Å². The monoisotopic (exact) mass is 417 g/mol. The zero-order chi connectivity index (χ0) is 20.7. The van der Waals surface area contributed by atoms with E-state index in [1.807, 2.05) is 19.1 Å². The lowest BCUT2D eigenvalue weighted by Gasteiger charge is -2.23. The normalized spacial score (nSPS) is 15.5. The highest BCUT2D eigenvalue weighted by molar-refractivity contribution is 7.50. The van der Waals surface area contributed by atoms with Crippen LogP contribution in [0.1, 0.15) is 38.2 Å². The molecule has 0 radical (unpaired) electrons. The summed E-state index contributed by atoms with van der Waals surface area (Å²) in [5.74, 6) is 0.534. The van der Waals surface area contributed by atoms with E-state index >= 15 is 0 Å². The predicted molar refractivity (Wildman–Crippen MR) is 124 cm³/mol. The van der Waals surface area contributed by atoms with E-state index in [1.54, 1.807) is 0 Å². The molecule has 3 aromatic carbocycles. The topological polar surface area (TPSA) is 35.5 Å². The van der Waals surface area contributed by atoms with E-state index in [0.717, 1.165) is 31.2 Å². The Labute approximate surface area is 179 Å². The van der Waals surface area contributed by atoms with Crippen molar-refractivity contribution in [3.63, 3.8) is 0 Å². The fourth-order valence-electron chi connectivity index (χ4n) is 4.55. The Morgan fingerprint density at radius 3 is 2.10 bits per heavy atom. The molecular formula is C26H25O3S+. The lowest BCUT2D eigenvalue weighted by Crippen LogP contribution is -2.29. The molecule has 1 heterocycles. The fraction of sp³-hybridized carbons (Fsp3) is 0.269. The zero-order valence-corrected chi connectivity index (χ0v) is 18.1.